The number of rotatable bonds is 5. The summed E-state index contributed by atoms with van der Waals surface area (Å²) in [5.74, 6) is -1.49. The lowest BCUT2D eigenvalue weighted by molar-refractivity contribution is -0.132. The van der Waals surface area contributed by atoms with Crippen LogP contribution in [0.3, 0.4) is 0 Å². The van der Waals surface area contributed by atoms with Gasteiger partial charge in [0.25, 0.3) is 5.56 Å². The Hall–Kier alpha value is -3.60. The summed E-state index contributed by atoms with van der Waals surface area (Å²) in [5.41, 5.74) is -0.190. The molecule has 0 atom stereocenters. The van der Waals surface area contributed by atoms with E-state index >= 15 is 0 Å². The third kappa shape index (κ3) is 4.77. The van der Waals surface area contributed by atoms with Crippen LogP contribution in [0.1, 0.15) is 0 Å². The Labute approximate surface area is 188 Å². The van der Waals surface area contributed by atoms with E-state index < -0.39 is 38.7 Å². The molecule has 172 valence electrons. The zero-order valence-corrected chi connectivity index (χ0v) is 18.2. The first-order chi connectivity index (χ1) is 15.8. The zero-order chi connectivity index (χ0) is 23.6. The number of benzene rings is 2. The molecule has 8 nitrogen and oxygen atoms in total. The van der Waals surface area contributed by atoms with Gasteiger partial charge >= 0.3 is 0 Å². The first kappa shape index (κ1) is 22.6. The Kier molecular flexibility index (Phi) is 6.23. The van der Waals surface area contributed by atoms with Crippen molar-refractivity contribution in [2.24, 2.45) is 0 Å². The lowest BCUT2D eigenvalue weighted by Crippen LogP contribution is -2.50. The monoisotopic (exact) mass is 474 g/mol. The fourth-order valence-corrected chi connectivity index (χ4v) is 4.79. The maximum absolute atomic E-state index is 14.0. The van der Waals surface area contributed by atoms with Gasteiger partial charge in [0.05, 0.1) is 10.6 Å². The van der Waals surface area contributed by atoms with Gasteiger partial charge in [0.1, 0.15) is 18.2 Å². The summed E-state index contributed by atoms with van der Waals surface area (Å²) in [5, 5.41) is 3.38. The van der Waals surface area contributed by atoms with Gasteiger partial charge in [0.15, 0.2) is 5.03 Å². The highest BCUT2D eigenvalue weighted by atomic mass is 32.2. The molecule has 0 spiro atoms. The van der Waals surface area contributed by atoms with Crippen molar-refractivity contribution in [1.29, 1.82) is 0 Å². The van der Waals surface area contributed by atoms with Crippen LogP contribution in [-0.4, -0.2) is 55.2 Å². The molecule has 0 unspecified atom stereocenters. The molecule has 0 saturated carbocycles. The molecular weight excluding hydrogens is 454 g/mol. The third-order valence-electron chi connectivity index (χ3n) is 5.33. The smallest absolute Gasteiger partial charge is 0.267 e. The first-order valence-corrected chi connectivity index (χ1v) is 11.6. The van der Waals surface area contributed by atoms with Gasteiger partial charge in [-0.25, -0.2) is 21.9 Å². The van der Waals surface area contributed by atoms with Gasteiger partial charge in [-0.3, -0.25) is 9.59 Å². The molecule has 1 aromatic heterocycles. The van der Waals surface area contributed by atoms with Gasteiger partial charge < -0.3 is 9.80 Å². The minimum atomic E-state index is -4.18. The van der Waals surface area contributed by atoms with Crippen molar-refractivity contribution in [3.05, 3.63) is 82.7 Å². The maximum Gasteiger partial charge on any atom is 0.267 e. The van der Waals surface area contributed by atoms with Crippen LogP contribution in [0.15, 0.2) is 75.4 Å². The normalized spacial score (nSPS) is 14.4. The summed E-state index contributed by atoms with van der Waals surface area (Å²) >= 11 is 0. The van der Waals surface area contributed by atoms with Crippen LogP contribution < -0.4 is 10.5 Å². The van der Waals surface area contributed by atoms with Crippen LogP contribution in [0.5, 0.6) is 0 Å². The van der Waals surface area contributed by atoms with Gasteiger partial charge in [-0.1, -0.05) is 18.2 Å². The van der Waals surface area contributed by atoms with E-state index in [1.807, 2.05) is 4.90 Å². The second-order valence-corrected chi connectivity index (χ2v) is 9.34. The van der Waals surface area contributed by atoms with Crippen molar-refractivity contribution in [2.45, 2.75) is 16.5 Å². The Morgan fingerprint density at radius 2 is 1.67 bits per heavy atom. The third-order valence-corrected chi connectivity index (χ3v) is 6.98. The standard InChI is InChI=1S/C22H20F2N4O4S/c23-16-4-3-5-17(14-16)33(31,32)20-8-9-21(29)28(25-20)15-22(30)27-12-10-26(11-13-27)19-7-2-1-6-18(19)24/h1-9,14H,10-13,15H2. The molecule has 0 bridgehead atoms. The Balaban J connectivity index is 1.48. The highest BCUT2D eigenvalue weighted by Crippen LogP contribution is 2.21. The molecule has 1 amide bonds. The lowest BCUT2D eigenvalue weighted by Gasteiger charge is -2.36. The van der Waals surface area contributed by atoms with Crippen LogP contribution in [0.4, 0.5) is 14.5 Å². The molecule has 1 aliphatic heterocycles. The Bertz CT molecular complexity index is 1350. The Morgan fingerprint density at radius 3 is 2.36 bits per heavy atom. The van der Waals surface area contributed by atoms with E-state index in [1.165, 1.54) is 23.1 Å². The summed E-state index contributed by atoms with van der Waals surface area (Å²) in [6.07, 6.45) is 0. The van der Waals surface area contributed by atoms with Crippen molar-refractivity contribution < 1.29 is 22.0 Å². The fraction of sp³-hybridized carbons (Fsp3) is 0.227. The number of anilines is 1. The number of para-hydroxylation sites is 1. The molecule has 2 aromatic carbocycles. The molecule has 0 aliphatic carbocycles. The van der Waals surface area contributed by atoms with Crippen molar-refractivity contribution in [2.75, 3.05) is 31.1 Å². The SMILES string of the molecule is O=C(Cn1nc(S(=O)(=O)c2cccc(F)c2)ccc1=O)N1CCN(c2ccccc2F)CC1. The molecular formula is C22H20F2N4O4S. The summed E-state index contributed by atoms with van der Waals surface area (Å²) in [6, 6.07) is 12.8. The molecule has 1 aliphatic rings. The van der Waals surface area contributed by atoms with E-state index in [1.54, 1.807) is 18.2 Å². The number of amides is 1. The highest BCUT2D eigenvalue weighted by Gasteiger charge is 2.25. The highest BCUT2D eigenvalue weighted by molar-refractivity contribution is 7.91. The average Bonchev–Trinajstić information content (AvgIpc) is 2.81. The van der Waals surface area contributed by atoms with E-state index in [0.29, 0.717) is 31.9 Å². The van der Waals surface area contributed by atoms with E-state index in [2.05, 4.69) is 5.10 Å². The van der Waals surface area contributed by atoms with Crippen molar-refractivity contribution in [1.82, 2.24) is 14.7 Å². The molecule has 33 heavy (non-hydrogen) atoms. The number of carbonyl (C=O) groups is 1. The molecule has 11 heteroatoms. The molecule has 1 saturated heterocycles. The second-order valence-electron chi connectivity index (χ2n) is 7.45. The molecule has 4 rings (SSSR count). The summed E-state index contributed by atoms with van der Waals surface area (Å²) in [7, 11) is -4.18. The van der Waals surface area contributed by atoms with Crippen LogP contribution in [0.2, 0.25) is 0 Å². The van der Waals surface area contributed by atoms with Crippen molar-refractivity contribution in [3.63, 3.8) is 0 Å². The summed E-state index contributed by atoms with van der Waals surface area (Å²) in [4.78, 5) is 28.0. The average molecular weight is 474 g/mol. The van der Waals surface area contributed by atoms with E-state index in [4.69, 9.17) is 0 Å². The maximum atomic E-state index is 14.0. The van der Waals surface area contributed by atoms with Crippen LogP contribution >= 0.6 is 0 Å². The summed E-state index contributed by atoms with van der Waals surface area (Å²) < 4.78 is 53.8. The van der Waals surface area contributed by atoms with Crippen LogP contribution in [-0.2, 0) is 21.2 Å². The van der Waals surface area contributed by atoms with Gasteiger partial charge in [-0.05, 0) is 36.4 Å². The topological polar surface area (TPSA) is 92.6 Å². The quantitative estimate of drug-likeness (QED) is 0.559. The van der Waals surface area contributed by atoms with Gasteiger partial charge in [0.2, 0.25) is 15.7 Å². The van der Waals surface area contributed by atoms with Crippen molar-refractivity contribution in [3.8, 4) is 0 Å². The Morgan fingerprint density at radius 1 is 0.939 bits per heavy atom. The van der Waals surface area contributed by atoms with Crippen molar-refractivity contribution >= 4 is 21.4 Å². The van der Waals surface area contributed by atoms with Gasteiger partial charge in [-0.15, -0.1) is 0 Å². The number of nitrogens with zero attached hydrogens (tertiary/aromatic N) is 4. The first-order valence-electron chi connectivity index (χ1n) is 10.1. The molecule has 3 aromatic rings. The molecule has 0 radical (unpaired) electrons. The van der Waals surface area contributed by atoms with E-state index in [0.717, 1.165) is 28.9 Å². The minimum Gasteiger partial charge on any atom is -0.366 e. The van der Waals surface area contributed by atoms with Crippen LogP contribution in [0.25, 0.3) is 0 Å². The second kappa shape index (κ2) is 9.10. The zero-order valence-electron chi connectivity index (χ0n) is 17.4. The number of carbonyl (C=O) groups excluding carboxylic acids is 1. The molecule has 1 fully saturated rings. The molecule has 2 heterocycles. The number of sulfone groups is 1. The minimum absolute atomic E-state index is 0.309. The number of halogens is 2. The molecule has 0 N–H and O–H groups in total. The number of piperazine rings is 1. The summed E-state index contributed by atoms with van der Waals surface area (Å²) in [6.45, 7) is 0.976. The van der Waals surface area contributed by atoms with E-state index in [9.17, 15) is 26.8 Å². The van der Waals surface area contributed by atoms with Gasteiger partial charge in [0, 0.05) is 32.2 Å². The largest absolute Gasteiger partial charge is 0.366 e. The number of aromatic nitrogens is 2. The lowest BCUT2D eigenvalue weighted by atomic mass is 10.2. The fourth-order valence-electron chi connectivity index (χ4n) is 3.57. The number of hydrogen-bond acceptors (Lipinski definition) is 6. The predicted molar refractivity (Wildman–Crippen MR) is 116 cm³/mol. The van der Waals surface area contributed by atoms with Gasteiger partial charge in [-0.2, -0.15) is 5.10 Å². The van der Waals surface area contributed by atoms with E-state index in [-0.39, 0.29) is 10.7 Å². The van der Waals surface area contributed by atoms with Crippen LogP contribution in [0, 0.1) is 11.6 Å². The predicted octanol–water partition coefficient (Wildman–Crippen LogP) is 1.70. The number of hydrogen-bond donors (Lipinski definition) is 0.